The molecule has 0 saturated carbocycles. The highest BCUT2D eigenvalue weighted by Crippen LogP contribution is 2.25. The number of aryl methyl sites for hydroxylation is 2. The lowest BCUT2D eigenvalue weighted by Crippen LogP contribution is -2.74. The molecule has 5 aromatic carbocycles. The molecule has 4 nitrogen and oxygen atoms in total. The fourth-order valence-corrected chi connectivity index (χ4v) is 8.73. The number of benzene rings is 5. The number of hydrogen-bond donors (Lipinski definition) is 2. The maximum atomic E-state index is 10.5. The van der Waals surface area contributed by atoms with Crippen molar-refractivity contribution in [1.29, 1.82) is 0 Å². The first-order valence-corrected chi connectivity index (χ1v) is 21.1. The summed E-state index contributed by atoms with van der Waals surface area (Å²) in [7, 11) is 0. The summed E-state index contributed by atoms with van der Waals surface area (Å²) in [5.41, 5.74) is 9.17. The molecule has 56 heavy (non-hydrogen) atoms. The number of hydrogen-bond acceptors (Lipinski definition) is 1. The van der Waals surface area contributed by atoms with Gasteiger partial charge in [-0.05, 0) is 18.9 Å². The predicted molar refractivity (Wildman–Crippen MR) is 238 cm³/mol. The van der Waals surface area contributed by atoms with Crippen LogP contribution in [0.25, 0.3) is 21.8 Å². The van der Waals surface area contributed by atoms with E-state index in [1.807, 2.05) is 0 Å². The summed E-state index contributed by atoms with van der Waals surface area (Å²) in [5, 5.41) is 11.3. The number of pyridine rings is 1. The lowest BCUT2D eigenvalue weighted by Gasteiger charge is -2.44. The van der Waals surface area contributed by atoms with Crippen molar-refractivity contribution in [1.82, 2.24) is 4.98 Å². The lowest BCUT2D eigenvalue weighted by molar-refractivity contribution is -0.701. The van der Waals surface area contributed by atoms with E-state index in [4.69, 9.17) is 5.11 Å². The number of unbranched alkanes of at least 4 members (excludes halogenated alkanes) is 11. The van der Waals surface area contributed by atoms with E-state index in [9.17, 15) is 4.79 Å². The third-order valence-electron chi connectivity index (χ3n) is 11.7. The van der Waals surface area contributed by atoms with Crippen molar-refractivity contribution in [2.75, 3.05) is 0 Å². The van der Waals surface area contributed by atoms with Crippen molar-refractivity contribution in [3.63, 3.8) is 0 Å². The van der Waals surface area contributed by atoms with Gasteiger partial charge in [0, 0.05) is 42.1 Å². The Morgan fingerprint density at radius 2 is 0.893 bits per heavy atom. The van der Waals surface area contributed by atoms with Crippen molar-refractivity contribution in [3.05, 3.63) is 164 Å². The van der Waals surface area contributed by atoms with E-state index in [-0.39, 0.29) is 0 Å². The number of carboxylic acid groups (broad SMARTS) is 1. The van der Waals surface area contributed by atoms with Crippen LogP contribution in [-0.2, 0) is 11.3 Å². The Bertz CT molecular complexity index is 2040. The number of aromatic amines is 1. The molecule has 0 fully saturated rings. The van der Waals surface area contributed by atoms with Crippen LogP contribution >= 0.6 is 0 Å². The first-order chi connectivity index (χ1) is 27.6. The zero-order valence-electron chi connectivity index (χ0n) is 33.3. The van der Waals surface area contributed by atoms with Crippen molar-refractivity contribution in [2.24, 2.45) is 0 Å². The molecule has 0 spiro atoms. The highest BCUT2D eigenvalue weighted by Gasteiger charge is 2.31. The molecule has 0 bridgehead atoms. The topological polar surface area (TPSA) is 57.0 Å². The molecule has 0 unspecified atom stereocenters. The Hall–Kier alpha value is -5.42. The molecule has 0 aliphatic rings. The standard InChI is InChI=1S/C27H38N2O2.C24H20B/c1-22-27-24(23-16-13-14-17-25(23)28-27)19-21-29(22)20-15-11-9-7-5-3-2-4-6-8-10-12-18-26(30)31;1-5-13-21(14-6-1)25(22-15-7-2-8-16-22,23-17-9-3-10-18-23)24-19-11-4-12-20-24/h13-14,16-17,19,21H,2-12,15,18,20H2,1H3,(H,30,31);1-20H/q;-1/p+1. The highest BCUT2D eigenvalue weighted by atomic mass is 16.4. The zero-order valence-corrected chi connectivity index (χ0v) is 33.3. The van der Waals surface area contributed by atoms with Crippen LogP contribution in [0.2, 0.25) is 0 Å². The van der Waals surface area contributed by atoms with Gasteiger partial charge in [-0.15, -0.1) is 0 Å². The monoisotopic (exact) mass is 742 g/mol. The molecule has 0 saturated heterocycles. The number of nitrogens with zero attached hydrogens (tertiary/aromatic N) is 1. The van der Waals surface area contributed by atoms with Gasteiger partial charge >= 0.3 is 5.97 Å². The molecule has 0 aliphatic carbocycles. The van der Waals surface area contributed by atoms with Gasteiger partial charge in [-0.1, -0.05) is 197 Å². The number of fused-ring (bicyclic) bond motifs is 3. The summed E-state index contributed by atoms with van der Waals surface area (Å²) in [6.45, 7) is 3.32. The number of aliphatic carboxylic acids is 1. The van der Waals surface area contributed by atoms with E-state index < -0.39 is 12.1 Å². The summed E-state index contributed by atoms with van der Waals surface area (Å²) in [5.74, 6) is -0.663. The van der Waals surface area contributed by atoms with Gasteiger partial charge in [0.1, 0.15) is 18.2 Å². The van der Waals surface area contributed by atoms with Crippen LogP contribution in [0.3, 0.4) is 0 Å². The second-order valence-corrected chi connectivity index (χ2v) is 15.4. The summed E-state index contributed by atoms with van der Waals surface area (Å²) in [6, 6.07) is 54.3. The number of carboxylic acids is 1. The lowest BCUT2D eigenvalue weighted by atomic mass is 9.13. The first-order valence-electron chi connectivity index (χ1n) is 21.1. The summed E-state index contributed by atoms with van der Waals surface area (Å²) < 4.78 is 2.40. The Morgan fingerprint density at radius 3 is 1.34 bits per heavy atom. The van der Waals surface area contributed by atoms with Crippen LogP contribution in [0.5, 0.6) is 0 Å². The maximum Gasteiger partial charge on any atom is 0.303 e. The van der Waals surface area contributed by atoms with Gasteiger partial charge in [-0.3, -0.25) is 4.79 Å². The number of nitrogens with one attached hydrogen (secondary N) is 1. The van der Waals surface area contributed by atoms with Crippen LogP contribution in [0.1, 0.15) is 89.2 Å². The molecule has 0 aliphatic heterocycles. The quantitative estimate of drug-likeness (QED) is 0.0493. The molecule has 7 rings (SSSR count). The third kappa shape index (κ3) is 10.3. The van der Waals surface area contributed by atoms with Gasteiger partial charge in [0.25, 0.3) is 0 Å². The van der Waals surface area contributed by atoms with E-state index in [2.05, 4.69) is 174 Å². The van der Waals surface area contributed by atoms with Gasteiger partial charge in [-0.2, -0.15) is 21.9 Å². The molecular weight excluding hydrogens is 683 g/mol. The number of aromatic nitrogens is 2. The van der Waals surface area contributed by atoms with Crippen molar-refractivity contribution in [2.45, 2.75) is 96.9 Å². The van der Waals surface area contributed by atoms with Crippen LogP contribution in [-0.4, -0.2) is 22.2 Å². The molecule has 5 heteroatoms. The van der Waals surface area contributed by atoms with Crippen molar-refractivity contribution >= 4 is 55.8 Å². The first kappa shape index (κ1) is 40.3. The average Bonchev–Trinajstić information content (AvgIpc) is 3.63. The Labute approximate surface area is 334 Å². The number of H-pyrrole nitrogens is 1. The smallest absolute Gasteiger partial charge is 0.303 e. The van der Waals surface area contributed by atoms with Crippen molar-refractivity contribution < 1.29 is 14.5 Å². The van der Waals surface area contributed by atoms with Gasteiger partial charge in [0.05, 0.1) is 0 Å². The highest BCUT2D eigenvalue weighted by molar-refractivity contribution is 7.19. The van der Waals surface area contributed by atoms with Gasteiger partial charge in [0.2, 0.25) is 5.69 Å². The van der Waals surface area contributed by atoms with E-state index in [1.165, 1.54) is 114 Å². The molecule has 288 valence electrons. The summed E-state index contributed by atoms with van der Waals surface area (Å²) >= 11 is 0. The van der Waals surface area contributed by atoms with Crippen molar-refractivity contribution in [3.8, 4) is 0 Å². The maximum absolute atomic E-state index is 10.5. The largest absolute Gasteiger partial charge is 0.481 e. The Kier molecular flexibility index (Phi) is 15.1. The number of para-hydroxylation sites is 1. The number of carbonyl (C=O) groups is 1. The third-order valence-corrected chi connectivity index (χ3v) is 11.7. The second-order valence-electron chi connectivity index (χ2n) is 15.4. The molecule has 2 heterocycles. The molecule has 0 radical (unpaired) electrons. The van der Waals surface area contributed by atoms with Gasteiger partial charge in [-0.25, -0.2) is 4.57 Å². The molecule has 2 N–H and O–H groups in total. The van der Waals surface area contributed by atoms with Gasteiger partial charge < -0.3 is 10.1 Å². The van der Waals surface area contributed by atoms with E-state index >= 15 is 0 Å². The second kappa shape index (κ2) is 21.0. The van der Waals surface area contributed by atoms with E-state index in [0.29, 0.717) is 6.42 Å². The number of rotatable bonds is 19. The fourth-order valence-electron chi connectivity index (χ4n) is 8.73. The fraction of sp³-hybridized carbons (Fsp3) is 0.294. The summed E-state index contributed by atoms with van der Waals surface area (Å²) in [6.07, 6.45) is 16.3. The minimum atomic E-state index is -1.22. The summed E-state index contributed by atoms with van der Waals surface area (Å²) in [4.78, 5) is 14.1. The Morgan fingerprint density at radius 1 is 0.500 bits per heavy atom. The molecule has 7 aromatic rings. The normalized spacial score (nSPS) is 11.4. The van der Waals surface area contributed by atoms with E-state index in [0.717, 1.165) is 19.4 Å². The van der Waals surface area contributed by atoms with Crippen LogP contribution in [0.4, 0.5) is 0 Å². The molecular formula is C51H59BN2O2. The van der Waals surface area contributed by atoms with Crippen LogP contribution in [0.15, 0.2) is 158 Å². The predicted octanol–water partition coefficient (Wildman–Crippen LogP) is 10.1. The van der Waals surface area contributed by atoms with Crippen LogP contribution in [0, 0.1) is 6.92 Å². The molecule has 0 atom stereocenters. The van der Waals surface area contributed by atoms with Crippen LogP contribution < -0.4 is 26.4 Å². The van der Waals surface area contributed by atoms with E-state index in [1.54, 1.807) is 0 Å². The van der Waals surface area contributed by atoms with Gasteiger partial charge in [0.15, 0.2) is 6.20 Å². The molecule has 0 amide bonds. The SMILES string of the molecule is Cc1c2[nH]c3ccccc3c2cc[n+]1CCCCCCCCCCCCCCC(=O)O.c1ccc([B-](c2ccccc2)(c2ccccc2)c2ccccc2)cc1. The zero-order chi connectivity index (χ0) is 38.8. The minimum absolute atomic E-state index is 0.329. The average molecular weight is 743 g/mol. The minimum Gasteiger partial charge on any atom is -0.481 e. The molecule has 2 aromatic heterocycles. The Balaban J connectivity index is 0.000000194.